The Morgan fingerprint density at radius 2 is 1.37 bits per heavy atom. The lowest BCUT2D eigenvalue weighted by Crippen LogP contribution is -2.28. The van der Waals surface area contributed by atoms with Gasteiger partial charge in [0.1, 0.15) is 0 Å². The Morgan fingerprint density at radius 1 is 0.947 bits per heavy atom. The van der Waals surface area contributed by atoms with Crippen molar-refractivity contribution in [3.8, 4) is 0 Å². The van der Waals surface area contributed by atoms with Crippen molar-refractivity contribution in [2.24, 2.45) is 0 Å². The highest BCUT2D eigenvalue weighted by Crippen LogP contribution is 2.27. The van der Waals surface area contributed by atoms with Gasteiger partial charge < -0.3 is 0 Å². The van der Waals surface area contributed by atoms with E-state index in [1.807, 2.05) is 60.7 Å². The zero-order chi connectivity index (χ0) is 13.7. The summed E-state index contributed by atoms with van der Waals surface area (Å²) < 4.78 is 11.2. The Bertz CT molecular complexity index is 491. The third-order valence-corrected chi connectivity index (χ3v) is 3.82. The summed E-state index contributed by atoms with van der Waals surface area (Å²) in [6.07, 6.45) is 0. The van der Waals surface area contributed by atoms with Crippen LogP contribution in [0.25, 0.3) is 0 Å². The van der Waals surface area contributed by atoms with Gasteiger partial charge in [-0.3, -0.25) is 5.32 Å². The number of rotatable bonds is 5. The van der Waals surface area contributed by atoms with E-state index in [2.05, 4.69) is 5.32 Å². The monoisotopic (exact) mass is 274 g/mol. The fraction of sp³-hybridized carbons (Fsp3) is 0.200. The fourth-order valence-electron chi connectivity index (χ4n) is 1.98. The first-order chi connectivity index (χ1) is 9.18. The Labute approximate surface area is 114 Å². The van der Waals surface area contributed by atoms with E-state index >= 15 is 0 Å². The molecule has 0 saturated heterocycles. The minimum atomic E-state index is -2.24. The molecule has 2 aromatic rings. The van der Waals surface area contributed by atoms with E-state index < -0.39 is 13.8 Å². The minimum absolute atomic E-state index is 0.0801. The van der Waals surface area contributed by atoms with Gasteiger partial charge in [0.25, 0.3) is 0 Å². The maximum atomic E-state index is 11.2. The fourth-order valence-corrected chi connectivity index (χ4v) is 2.26. The molecule has 0 heterocycles. The third-order valence-electron chi connectivity index (χ3n) is 3.00. The van der Waals surface area contributed by atoms with Crippen LogP contribution in [-0.4, -0.2) is 10.7 Å². The molecule has 0 aliphatic heterocycles. The van der Waals surface area contributed by atoms with Crippen molar-refractivity contribution in [3.05, 3.63) is 71.8 Å². The van der Waals surface area contributed by atoms with Gasteiger partial charge in [-0.25, -0.2) is 0 Å². The first kappa shape index (κ1) is 13.9. The quantitative estimate of drug-likeness (QED) is 0.821. The lowest BCUT2D eigenvalue weighted by Gasteiger charge is -2.19. The summed E-state index contributed by atoms with van der Waals surface area (Å²) in [5, 5.41) is 3.22. The molecule has 0 aliphatic carbocycles. The maximum Gasteiger partial charge on any atom is 0.524 e. The van der Waals surface area contributed by atoms with Crippen molar-refractivity contribution in [1.29, 1.82) is 0 Å². The molecule has 4 heteroatoms. The van der Waals surface area contributed by atoms with Crippen molar-refractivity contribution in [3.63, 3.8) is 0 Å². The van der Waals surface area contributed by atoms with Crippen LogP contribution in [0.2, 0.25) is 0 Å². The first-order valence-electron chi connectivity index (χ1n) is 6.19. The van der Waals surface area contributed by atoms with Gasteiger partial charge in [-0.15, -0.1) is 0 Å². The summed E-state index contributed by atoms with van der Waals surface area (Å²) in [5.41, 5.74) is 2.16. The van der Waals surface area contributed by atoms with E-state index in [0.717, 1.165) is 11.1 Å². The van der Waals surface area contributed by atoms with Gasteiger partial charge in [-0.05, 0) is 22.6 Å². The third kappa shape index (κ3) is 3.71. The first-order valence-corrected chi connectivity index (χ1v) is 7.48. The molecular formula is C15H17NO2P+. The highest BCUT2D eigenvalue weighted by atomic mass is 31.1. The highest BCUT2D eigenvalue weighted by molar-refractivity contribution is 7.38. The summed E-state index contributed by atoms with van der Waals surface area (Å²) in [6.45, 7) is 1.72. The summed E-state index contributed by atoms with van der Waals surface area (Å²) in [4.78, 5) is 9.21. The van der Waals surface area contributed by atoms with Crippen LogP contribution in [0.3, 0.4) is 0 Å². The Kier molecular flexibility index (Phi) is 4.80. The molecule has 98 valence electrons. The molecule has 0 fully saturated rings. The molecule has 1 unspecified atom stereocenters. The second-order valence-electron chi connectivity index (χ2n) is 4.40. The normalized spacial score (nSPS) is 13.3. The van der Waals surface area contributed by atoms with Crippen LogP contribution in [0.15, 0.2) is 60.7 Å². The summed E-state index contributed by atoms with van der Waals surface area (Å²) in [6, 6.07) is 19.8. The van der Waals surface area contributed by atoms with Crippen LogP contribution in [0, 0.1) is 0 Å². The number of hydrogen-bond acceptors (Lipinski definition) is 2. The predicted molar refractivity (Wildman–Crippen MR) is 77.2 cm³/mol. The Morgan fingerprint density at radius 3 is 1.74 bits per heavy atom. The average Bonchev–Trinajstić information content (AvgIpc) is 2.46. The van der Waals surface area contributed by atoms with Gasteiger partial charge in [0.2, 0.25) is 5.78 Å². The summed E-state index contributed by atoms with van der Waals surface area (Å²) >= 11 is 0. The van der Waals surface area contributed by atoms with E-state index in [0.29, 0.717) is 0 Å². The van der Waals surface area contributed by atoms with E-state index in [9.17, 15) is 9.46 Å². The maximum absolute atomic E-state index is 11.2. The molecule has 0 amide bonds. The zero-order valence-corrected chi connectivity index (χ0v) is 11.6. The smallest absolute Gasteiger partial charge is 0.260 e. The van der Waals surface area contributed by atoms with Crippen LogP contribution in [0.1, 0.15) is 24.1 Å². The van der Waals surface area contributed by atoms with Gasteiger partial charge in [0, 0.05) is 0 Å². The molecule has 3 nitrogen and oxygen atoms in total. The molecule has 19 heavy (non-hydrogen) atoms. The lowest BCUT2D eigenvalue weighted by molar-refractivity contribution is 0.467. The average molecular weight is 274 g/mol. The van der Waals surface area contributed by atoms with Gasteiger partial charge in [0.05, 0.1) is 6.04 Å². The molecule has 0 radical (unpaired) electrons. The standard InChI is InChI=1S/C15H16NO2P/c1-12(19(17)18)16-15(13-8-4-2-5-9-13)14-10-6-3-7-11-14/h2-12,15-16H,1H3/p+1/t12-/m1/s1. The van der Waals surface area contributed by atoms with Crippen molar-refractivity contribution < 1.29 is 9.46 Å². The molecule has 0 bridgehead atoms. The number of benzene rings is 2. The number of nitrogens with one attached hydrogen (secondary N) is 1. The minimum Gasteiger partial charge on any atom is -0.260 e. The van der Waals surface area contributed by atoms with Crippen molar-refractivity contribution in [2.75, 3.05) is 0 Å². The SMILES string of the molecule is C[C@H](NC(c1ccccc1)c1ccccc1)[P+](=O)O. The highest BCUT2D eigenvalue weighted by Gasteiger charge is 2.27. The Hall–Kier alpha value is -1.54. The van der Waals surface area contributed by atoms with Crippen LogP contribution in [0.4, 0.5) is 0 Å². The molecule has 0 spiro atoms. The van der Waals surface area contributed by atoms with E-state index in [4.69, 9.17) is 0 Å². The molecule has 2 N–H and O–H groups in total. The van der Waals surface area contributed by atoms with Crippen LogP contribution < -0.4 is 5.32 Å². The molecule has 2 rings (SSSR count). The van der Waals surface area contributed by atoms with Crippen molar-refractivity contribution in [2.45, 2.75) is 18.7 Å². The molecule has 2 atom stereocenters. The molecule has 0 aliphatic rings. The molecule has 0 saturated carbocycles. The largest absolute Gasteiger partial charge is 0.524 e. The second kappa shape index (κ2) is 6.58. The molecule has 2 aromatic carbocycles. The summed E-state index contributed by atoms with van der Waals surface area (Å²) in [5.74, 6) is -0.458. The molecular weight excluding hydrogens is 257 g/mol. The number of hydrogen-bond donors (Lipinski definition) is 2. The Balaban J connectivity index is 2.32. The van der Waals surface area contributed by atoms with E-state index in [1.165, 1.54) is 0 Å². The van der Waals surface area contributed by atoms with Gasteiger partial charge in [-0.1, -0.05) is 60.7 Å². The van der Waals surface area contributed by atoms with E-state index in [-0.39, 0.29) is 6.04 Å². The van der Waals surface area contributed by atoms with Gasteiger partial charge >= 0.3 is 8.03 Å². The zero-order valence-electron chi connectivity index (χ0n) is 10.7. The second-order valence-corrected chi connectivity index (χ2v) is 5.78. The van der Waals surface area contributed by atoms with Gasteiger partial charge in [-0.2, -0.15) is 4.89 Å². The van der Waals surface area contributed by atoms with E-state index in [1.54, 1.807) is 6.92 Å². The van der Waals surface area contributed by atoms with Gasteiger partial charge in [0.15, 0.2) is 0 Å². The molecule has 0 aromatic heterocycles. The predicted octanol–water partition coefficient (Wildman–Crippen LogP) is 3.45. The summed E-state index contributed by atoms with van der Waals surface area (Å²) in [7, 11) is -2.24. The topological polar surface area (TPSA) is 49.3 Å². The van der Waals surface area contributed by atoms with Crippen LogP contribution in [-0.2, 0) is 4.57 Å². The van der Waals surface area contributed by atoms with Crippen LogP contribution >= 0.6 is 8.03 Å². The van der Waals surface area contributed by atoms with Crippen molar-refractivity contribution >= 4 is 8.03 Å². The lowest BCUT2D eigenvalue weighted by atomic mass is 9.99. The van der Waals surface area contributed by atoms with Crippen molar-refractivity contribution in [1.82, 2.24) is 5.32 Å². The van der Waals surface area contributed by atoms with Crippen LogP contribution in [0.5, 0.6) is 0 Å².